The van der Waals surface area contributed by atoms with Crippen LogP contribution in [-0.4, -0.2) is 50.0 Å². The van der Waals surface area contributed by atoms with Crippen molar-refractivity contribution in [2.24, 2.45) is 15.8 Å². The predicted molar refractivity (Wildman–Crippen MR) is 95.0 cm³/mol. The molecule has 0 radical (unpaired) electrons. The lowest BCUT2D eigenvalue weighted by atomic mass is 9.79. The minimum Gasteiger partial charge on any atom is -0.356 e. The molecule has 0 aromatic rings. The third-order valence-corrected chi connectivity index (χ3v) is 5.15. The molecular weight excluding hydrogens is 379 g/mol. The van der Waals surface area contributed by atoms with Crippen molar-refractivity contribution in [2.45, 2.75) is 39.0 Å². The summed E-state index contributed by atoms with van der Waals surface area (Å²) >= 11 is 0. The third-order valence-electron chi connectivity index (χ3n) is 5.15. The van der Waals surface area contributed by atoms with Gasteiger partial charge in [-0.2, -0.15) is 0 Å². The molecule has 1 atom stereocenters. The Kier molecular flexibility index (Phi) is 5.05. The van der Waals surface area contributed by atoms with E-state index in [0.717, 1.165) is 45.0 Å². The number of nitrogens with one attached hydrogen (secondary N) is 2. The largest absolute Gasteiger partial charge is 0.356 e. The molecule has 1 aliphatic carbocycles. The first-order valence-electron chi connectivity index (χ1n) is 7.77. The standard InChI is InChI=1S/C15H26N4O.HI/c1-14(5-6-14)9-18-13(16-2)19-7-3-4-15(11-19)8-12(20)17-10-15;/h3-11H2,1-2H3,(H,16,18)(H,17,20);1H. The fourth-order valence-corrected chi connectivity index (χ4v) is 3.44. The van der Waals surface area contributed by atoms with Crippen molar-refractivity contribution in [3.05, 3.63) is 0 Å². The Bertz CT molecular complexity index is 435. The number of hydrogen-bond donors (Lipinski definition) is 2. The topological polar surface area (TPSA) is 56.7 Å². The van der Waals surface area contributed by atoms with Crippen molar-refractivity contribution in [1.29, 1.82) is 0 Å². The summed E-state index contributed by atoms with van der Waals surface area (Å²) in [6.45, 7) is 6.16. The number of likely N-dealkylation sites (tertiary alicyclic amines) is 1. The minimum atomic E-state index is 0. The molecule has 3 aliphatic rings. The monoisotopic (exact) mass is 406 g/mol. The first-order valence-corrected chi connectivity index (χ1v) is 7.77. The molecule has 1 amide bonds. The predicted octanol–water partition coefficient (Wildman–Crippen LogP) is 1.58. The molecule has 21 heavy (non-hydrogen) atoms. The van der Waals surface area contributed by atoms with Crippen molar-refractivity contribution < 1.29 is 4.79 Å². The van der Waals surface area contributed by atoms with Gasteiger partial charge in [-0.25, -0.2) is 0 Å². The molecule has 3 rings (SSSR count). The Hall–Kier alpha value is -0.530. The SMILES string of the molecule is CN=C(NCC1(C)CC1)N1CCCC2(CNC(=O)C2)C1.I. The summed E-state index contributed by atoms with van der Waals surface area (Å²) in [5.41, 5.74) is 0.616. The van der Waals surface area contributed by atoms with Crippen LogP contribution in [0.3, 0.4) is 0 Å². The van der Waals surface area contributed by atoms with Crippen LogP contribution in [0.1, 0.15) is 39.0 Å². The van der Waals surface area contributed by atoms with Gasteiger partial charge in [-0.1, -0.05) is 6.92 Å². The maximum atomic E-state index is 11.6. The van der Waals surface area contributed by atoms with Crippen molar-refractivity contribution in [3.63, 3.8) is 0 Å². The number of hydrogen-bond acceptors (Lipinski definition) is 2. The van der Waals surface area contributed by atoms with Crippen LogP contribution in [0.2, 0.25) is 0 Å². The molecule has 0 bridgehead atoms. The molecule has 3 fully saturated rings. The normalized spacial score (nSPS) is 30.9. The smallest absolute Gasteiger partial charge is 0.220 e. The second-order valence-corrected chi connectivity index (χ2v) is 7.19. The van der Waals surface area contributed by atoms with Crippen molar-refractivity contribution in [1.82, 2.24) is 15.5 Å². The molecular formula is C15H27IN4O. The molecule has 1 saturated carbocycles. The highest BCUT2D eigenvalue weighted by atomic mass is 127. The zero-order valence-electron chi connectivity index (χ0n) is 13.1. The summed E-state index contributed by atoms with van der Waals surface area (Å²) in [5.74, 6) is 1.22. The number of nitrogens with zero attached hydrogens (tertiary/aromatic N) is 2. The lowest BCUT2D eigenvalue weighted by molar-refractivity contribution is -0.119. The number of piperidine rings is 1. The van der Waals surface area contributed by atoms with E-state index < -0.39 is 0 Å². The maximum Gasteiger partial charge on any atom is 0.220 e. The quantitative estimate of drug-likeness (QED) is 0.416. The fraction of sp³-hybridized carbons (Fsp3) is 0.867. The summed E-state index contributed by atoms with van der Waals surface area (Å²) in [6.07, 6.45) is 5.61. The van der Waals surface area contributed by atoms with Gasteiger partial charge in [0.05, 0.1) is 0 Å². The molecule has 5 nitrogen and oxygen atoms in total. The Labute approximate surface area is 144 Å². The van der Waals surface area contributed by atoms with Gasteiger partial charge >= 0.3 is 0 Å². The molecule has 2 heterocycles. The molecule has 0 aromatic carbocycles. The van der Waals surface area contributed by atoms with Crippen molar-refractivity contribution in [2.75, 3.05) is 33.2 Å². The van der Waals surface area contributed by atoms with Crippen LogP contribution in [0.25, 0.3) is 0 Å². The van der Waals surface area contributed by atoms with Gasteiger partial charge in [-0.15, -0.1) is 24.0 Å². The van der Waals surface area contributed by atoms with Crippen LogP contribution >= 0.6 is 24.0 Å². The summed E-state index contributed by atoms with van der Waals surface area (Å²) in [5, 5.41) is 6.53. The summed E-state index contributed by atoms with van der Waals surface area (Å²) < 4.78 is 0. The van der Waals surface area contributed by atoms with Crippen LogP contribution in [0.15, 0.2) is 4.99 Å². The molecule has 120 valence electrons. The van der Waals surface area contributed by atoms with E-state index in [0.29, 0.717) is 11.8 Å². The first kappa shape index (κ1) is 16.8. The lowest BCUT2D eigenvalue weighted by Gasteiger charge is -2.41. The van der Waals surface area contributed by atoms with Gasteiger partial charge in [0.2, 0.25) is 5.91 Å². The molecule has 1 spiro atoms. The van der Waals surface area contributed by atoms with E-state index in [2.05, 4.69) is 27.4 Å². The van der Waals surface area contributed by atoms with Crippen molar-refractivity contribution >= 4 is 35.8 Å². The van der Waals surface area contributed by atoms with E-state index in [9.17, 15) is 4.79 Å². The van der Waals surface area contributed by atoms with Gasteiger partial charge < -0.3 is 15.5 Å². The summed E-state index contributed by atoms with van der Waals surface area (Å²) in [7, 11) is 1.86. The van der Waals surface area contributed by atoms with Crippen LogP contribution in [0, 0.1) is 10.8 Å². The molecule has 6 heteroatoms. The van der Waals surface area contributed by atoms with Gasteiger partial charge in [0.1, 0.15) is 0 Å². The molecule has 0 aromatic heterocycles. The highest BCUT2D eigenvalue weighted by Crippen LogP contribution is 2.44. The van der Waals surface area contributed by atoms with Crippen LogP contribution in [0.5, 0.6) is 0 Å². The van der Waals surface area contributed by atoms with Crippen molar-refractivity contribution in [3.8, 4) is 0 Å². The van der Waals surface area contributed by atoms with Crippen LogP contribution < -0.4 is 10.6 Å². The second kappa shape index (κ2) is 6.30. The number of carbonyl (C=O) groups is 1. The van der Waals surface area contributed by atoms with Crippen LogP contribution in [0.4, 0.5) is 0 Å². The number of aliphatic imine (C=N–C) groups is 1. The van der Waals surface area contributed by atoms with E-state index in [1.807, 2.05) is 7.05 Å². The Morgan fingerprint density at radius 2 is 2.19 bits per heavy atom. The highest BCUT2D eigenvalue weighted by Gasteiger charge is 2.43. The van der Waals surface area contributed by atoms with E-state index >= 15 is 0 Å². The summed E-state index contributed by atoms with van der Waals surface area (Å²) in [6, 6.07) is 0. The van der Waals surface area contributed by atoms with Gasteiger partial charge in [0.25, 0.3) is 0 Å². The molecule has 2 N–H and O–H groups in total. The number of halogens is 1. The van der Waals surface area contributed by atoms with E-state index in [1.54, 1.807) is 0 Å². The van der Waals surface area contributed by atoms with Gasteiger partial charge in [-0.05, 0) is 31.1 Å². The number of rotatable bonds is 2. The average molecular weight is 406 g/mol. The van der Waals surface area contributed by atoms with Crippen LogP contribution in [-0.2, 0) is 4.79 Å². The van der Waals surface area contributed by atoms with Gasteiger partial charge in [0.15, 0.2) is 5.96 Å². The molecule has 1 unspecified atom stereocenters. The second-order valence-electron chi connectivity index (χ2n) is 7.19. The Morgan fingerprint density at radius 3 is 2.76 bits per heavy atom. The average Bonchev–Trinajstić information content (AvgIpc) is 3.06. The molecule has 2 saturated heterocycles. The first-order chi connectivity index (χ1) is 9.54. The molecule has 2 aliphatic heterocycles. The number of carbonyl (C=O) groups excluding carboxylic acids is 1. The maximum absolute atomic E-state index is 11.6. The fourth-order valence-electron chi connectivity index (χ4n) is 3.44. The van der Waals surface area contributed by atoms with E-state index in [-0.39, 0.29) is 35.3 Å². The number of amides is 1. The third kappa shape index (κ3) is 3.81. The zero-order valence-corrected chi connectivity index (χ0v) is 15.4. The van der Waals surface area contributed by atoms with E-state index in [4.69, 9.17) is 0 Å². The Morgan fingerprint density at radius 1 is 1.43 bits per heavy atom. The summed E-state index contributed by atoms with van der Waals surface area (Å²) in [4.78, 5) is 18.3. The van der Waals surface area contributed by atoms with Gasteiger partial charge in [-0.3, -0.25) is 9.79 Å². The zero-order chi connectivity index (χ0) is 14.2. The van der Waals surface area contributed by atoms with Gasteiger partial charge in [0, 0.05) is 45.1 Å². The Balaban J connectivity index is 0.00000161. The lowest BCUT2D eigenvalue weighted by Crippen LogP contribution is -2.52. The highest BCUT2D eigenvalue weighted by molar-refractivity contribution is 14.0. The number of guanidine groups is 1. The minimum absolute atomic E-state index is 0. The van der Waals surface area contributed by atoms with E-state index in [1.165, 1.54) is 12.8 Å².